The molecule has 158 valence electrons. The van der Waals surface area contributed by atoms with Gasteiger partial charge in [0, 0.05) is 17.0 Å². The van der Waals surface area contributed by atoms with E-state index in [2.05, 4.69) is 4.98 Å². The number of hydrogen-bond acceptors (Lipinski definition) is 3. The van der Waals surface area contributed by atoms with Crippen molar-refractivity contribution in [3.8, 4) is 22.7 Å². The summed E-state index contributed by atoms with van der Waals surface area (Å²) >= 11 is 1.48. The molecule has 0 radical (unpaired) electrons. The monoisotopic (exact) mass is 440 g/mol. The highest BCUT2D eigenvalue weighted by molar-refractivity contribution is 7.98. The van der Waals surface area contributed by atoms with Crippen LogP contribution in [-0.2, 0) is 11.9 Å². The first-order valence-corrected chi connectivity index (χ1v) is 10.5. The number of hydrogen-bond donors (Lipinski definition) is 0. The van der Waals surface area contributed by atoms with Crippen molar-refractivity contribution in [1.82, 2.24) is 9.55 Å². The lowest BCUT2D eigenvalue weighted by Gasteiger charge is -2.15. The Labute approximate surface area is 182 Å². The number of benzene rings is 3. The summed E-state index contributed by atoms with van der Waals surface area (Å²) in [5.41, 5.74) is 2.36. The maximum Gasteiger partial charge on any atom is 0.416 e. The third-order valence-electron chi connectivity index (χ3n) is 4.76. The molecule has 0 unspecified atom stereocenters. The van der Waals surface area contributed by atoms with E-state index >= 15 is 0 Å². The molecule has 0 saturated carbocycles. The molecular formula is C24H19F3N2OS. The van der Waals surface area contributed by atoms with Gasteiger partial charge in [0.05, 0.1) is 24.6 Å². The number of rotatable bonds is 6. The summed E-state index contributed by atoms with van der Waals surface area (Å²) in [6.07, 6.45) is -2.73. The van der Waals surface area contributed by atoms with Gasteiger partial charge in [-0.3, -0.25) is 4.57 Å². The van der Waals surface area contributed by atoms with Gasteiger partial charge >= 0.3 is 6.18 Å². The largest absolute Gasteiger partial charge is 0.497 e. The third-order valence-corrected chi connectivity index (χ3v) is 5.78. The van der Waals surface area contributed by atoms with Crippen LogP contribution in [-0.4, -0.2) is 16.7 Å². The number of alkyl halides is 3. The molecule has 0 spiro atoms. The zero-order valence-electron chi connectivity index (χ0n) is 16.6. The van der Waals surface area contributed by atoms with E-state index in [1.165, 1.54) is 17.8 Å². The molecule has 0 fully saturated rings. The van der Waals surface area contributed by atoms with Crippen LogP contribution >= 0.6 is 11.8 Å². The molecule has 0 atom stereocenters. The fourth-order valence-corrected chi connectivity index (χ4v) is 4.14. The number of methoxy groups -OCH3 is 1. The van der Waals surface area contributed by atoms with Crippen LogP contribution in [0.25, 0.3) is 16.9 Å². The maximum atomic E-state index is 13.3. The smallest absolute Gasteiger partial charge is 0.416 e. The minimum atomic E-state index is -4.42. The van der Waals surface area contributed by atoms with Crippen molar-refractivity contribution in [2.45, 2.75) is 17.1 Å². The first-order chi connectivity index (χ1) is 15.0. The van der Waals surface area contributed by atoms with E-state index in [1.54, 1.807) is 23.9 Å². The summed E-state index contributed by atoms with van der Waals surface area (Å²) in [6.45, 7) is 0. The van der Waals surface area contributed by atoms with Gasteiger partial charge < -0.3 is 4.74 Å². The second-order valence-corrected chi connectivity index (χ2v) is 7.75. The van der Waals surface area contributed by atoms with Gasteiger partial charge in [-0.25, -0.2) is 4.98 Å². The SMILES string of the molecule is COc1ccc(-c2cnc(SCc3ccccc3)n2-c2cccc(C(F)(F)F)c2)cc1. The quantitative estimate of drug-likeness (QED) is 0.307. The first-order valence-electron chi connectivity index (χ1n) is 9.52. The Morgan fingerprint density at radius 3 is 2.35 bits per heavy atom. The number of ether oxygens (including phenoxy) is 1. The van der Waals surface area contributed by atoms with Crippen molar-refractivity contribution in [3.05, 3.63) is 96.2 Å². The Balaban J connectivity index is 1.78. The van der Waals surface area contributed by atoms with E-state index < -0.39 is 11.7 Å². The summed E-state index contributed by atoms with van der Waals surface area (Å²) < 4.78 is 47.0. The van der Waals surface area contributed by atoms with Gasteiger partial charge in [0.2, 0.25) is 0 Å². The number of halogens is 3. The van der Waals surface area contributed by atoms with Crippen molar-refractivity contribution in [3.63, 3.8) is 0 Å². The minimum Gasteiger partial charge on any atom is -0.497 e. The predicted octanol–water partition coefficient (Wildman–Crippen LogP) is 6.86. The molecule has 4 rings (SSSR count). The van der Waals surface area contributed by atoms with Crippen molar-refractivity contribution in [2.24, 2.45) is 0 Å². The van der Waals surface area contributed by atoms with Gasteiger partial charge in [-0.05, 0) is 48.0 Å². The molecule has 1 heterocycles. The Kier molecular flexibility index (Phi) is 6.04. The van der Waals surface area contributed by atoms with Crippen molar-refractivity contribution >= 4 is 11.8 Å². The van der Waals surface area contributed by atoms with Crippen LogP contribution in [0.4, 0.5) is 13.2 Å². The summed E-state index contributed by atoms with van der Waals surface area (Å²) in [7, 11) is 1.58. The second kappa shape index (κ2) is 8.89. The van der Waals surface area contributed by atoms with Crippen LogP contribution in [0, 0.1) is 0 Å². The molecule has 0 aliphatic heterocycles. The Bertz CT molecular complexity index is 1160. The first kappa shape index (κ1) is 21.1. The molecule has 0 bridgehead atoms. The molecule has 0 aliphatic carbocycles. The molecule has 0 N–H and O–H groups in total. The van der Waals surface area contributed by atoms with Crippen LogP contribution in [0.2, 0.25) is 0 Å². The fraction of sp³-hybridized carbons (Fsp3) is 0.125. The molecule has 3 aromatic carbocycles. The van der Waals surface area contributed by atoms with E-state index in [-0.39, 0.29) is 0 Å². The van der Waals surface area contributed by atoms with Crippen LogP contribution < -0.4 is 4.74 Å². The highest BCUT2D eigenvalue weighted by Crippen LogP contribution is 2.35. The molecule has 0 aliphatic rings. The summed E-state index contributed by atoms with van der Waals surface area (Å²) in [5, 5.41) is 0.619. The van der Waals surface area contributed by atoms with Gasteiger partial charge in [-0.1, -0.05) is 48.2 Å². The number of aromatic nitrogens is 2. The van der Waals surface area contributed by atoms with E-state index in [4.69, 9.17) is 4.74 Å². The lowest BCUT2D eigenvalue weighted by molar-refractivity contribution is -0.137. The van der Waals surface area contributed by atoms with Gasteiger partial charge in [0.1, 0.15) is 5.75 Å². The molecule has 7 heteroatoms. The highest BCUT2D eigenvalue weighted by atomic mass is 32.2. The van der Waals surface area contributed by atoms with E-state index in [9.17, 15) is 13.2 Å². The molecular weight excluding hydrogens is 421 g/mol. The fourth-order valence-electron chi connectivity index (χ4n) is 3.20. The summed E-state index contributed by atoms with van der Waals surface area (Å²) in [6, 6.07) is 22.5. The summed E-state index contributed by atoms with van der Waals surface area (Å²) in [5.74, 6) is 1.35. The second-order valence-electron chi connectivity index (χ2n) is 6.81. The van der Waals surface area contributed by atoms with Gasteiger partial charge in [-0.2, -0.15) is 13.2 Å². The Morgan fingerprint density at radius 2 is 1.68 bits per heavy atom. The van der Waals surface area contributed by atoms with Crippen molar-refractivity contribution in [2.75, 3.05) is 7.11 Å². The maximum absolute atomic E-state index is 13.3. The highest BCUT2D eigenvalue weighted by Gasteiger charge is 2.31. The van der Waals surface area contributed by atoms with E-state index in [0.29, 0.717) is 28.0 Å². The van der Waals surface area contributed by atoms with Crippen LogP contribution in [0.1, 0.15) is 11.1 Å². The lowest BCUT2D eigenvalue weighted by Crippen LogP contribution is -2.07. The Morgan fingerprint density at radius 1 is 0.935 bits per heavy atom. The molecule has 3 nitrogen and oxygen atoms in total. The normalized spacial score (nSPS) is 11.5. The Hall–Kier alpha value is -3.19. The van der Waals surface area contributed by atoms with E-state index in [0.717, 1.165) is 23.3 Å². The van der Waals surface area contributed by atoms with Crippen LogP contribution in [0.5, 0.6) is 5.75 Å². The molecule has 0 amide bonds. The standard InChI is InChI=1S/C24H19F3N2OS/c1-30-21-12-10-18(11-13-21)22-15-28-23(31-16-17-6-3-2-4-7-17)29(22)20-9-5-8-19(14-20)24(25,26)27/h2-15H,16H2,1H3. The van der Waals surface area contributed by atoms with Crippen molar-refractivity contribution in [1.29, 1.82) is 0 Å². The average Bonchev–Trinajstić information content (AvgIpc) is 3.22. The van der Waals surface area contributed by atoms with Gasteiger partial charge in [-0.15, -0.1) is 0 Å². The van der Waals surface area contributed by atoms with Crippen LogP contribution in [0.3, 0.4) is 0 Å². The van der Waals surface area contributed by atoms with Gasteiger partial charge in [0.15, 0.2) is 5.16 Å². The average molecular weight is 440 g/mol. The van der Waals surface area contributed by atoms with E-state index in [1.807, 2.05) is 54.6 Å². The molecule has 0 saturated heterocycles. The van der Waals surface area contributed by atoms with Crippen LogP contribution in [0.15, 0.2) is 90.2 Å². The number of nitrogens with zero attached hydrogens (tertiary/aromatic N) is 2. The lowest BCUT2D eigenvalue weighted by atomic mass is 10.1. The number of thioether (sulfide) groups is 1. The zero-order valence-corrected chi connectivity index (χ0v) is 17.5. The molecule has 4 aromatic rings. The zero-order chi connectivity index (χ0) is 21.8. The molecule has 31 heavy (non-hydrogen) atoms. The molecule has 1 aromatic heterocycles. The number of imidazole rings is 1. The third kappa shape index (κ3) is 4.77. The summed E-state index contributed by atoms with van der Waals surface area (Å²) in [4.78, 5) is 4.53. The topological polar surface area (TPSA) is 27.1 Å². The van der Waals surface area contributed by atoms with Crippen molar-refractivity contribution < 1.29 is 17.9 Å². The van der Waals surface area contributed by atoms with Gasteiger partial charge in [0.25, 0.3) is 0 Å². The predicted molar refractivity (Wildman–Crippen MR) is 117 cm³/mol. The minimum absolute atomic E-state index is 0.411.